The summed E-state index contributed by atoms with van der Waals surface area (Å²) in [5.41, 5.74) is 2.67. The summed E-state index contributed by atoms with van der Waals surface area (Å²) < 4.78 is 46.9. The lowest BCUT2D eigenvalue weighted by Gasteiger charge is -2.26. The molecular weight excluding hydrogens is 417 g/mol. The van der Waals surface area contributed by atoms with Crippen LogP contribution in [0.25, 0.3) is 0 Å². The van der Waals surface area contributed by atoms with Gasteiger partial charge >= 0.3 is 10.1 Å². The van der Waals surface area contributed by atoms with E-state index in [-0.39, 0.29) is 10.6 Å². The zero-order chi connectivity index (χ0) is 21.6. The zero-order valence-corrected chi connectivity index (χ0v) is 16.2. The summed E-state index contributed by atoms with van der Waals surface area (Å²) in [6.07, 6.45) is 0. The van der Waals surface area contributed by atoms with Crippen LogP contribution in [0, 0.1) is 5.82 Å². The van der Waals surface area contributed by atoms with Crippen molar-refractivity contribution in [3.05, 3.63) is 82.1 Å². The second-order valence-electron chi connectivity index (χ2n) is 6.18. The molecule has 142 valence electrons. The van der Waals surface area contributed by atoms with E-state index in [9.17, 15) is 17.6 Å². The molecule has 1 aliphatic rings. The Labute approximate surface area is 175 Å². The van der Waals surface area contributed by atoms with Crippen LogP contribution in [0.15, 0.2) is 60.2 Å². The lowest BCUT2D eigenvalue weighted by molar-refractivity contribution is -0.126. The minimum Gasteiger partial charge on any atom is -0.467 e. The molecule has 0 aromatic heterocycles. The monoisotopic (exact) mass is 427 g/mol. The molecule has 6 radical (unpaired) electrons. The van der Waals surface area contributed by atoms with Crippen molar-refractivity contribution in [2.24, 2.45) is 5.73 Å². The Morgan fingerprint density at radius 1 is 1.17 bits per heavy atom. The fraction of sp³-hybridized carbons (Fsp3) is 0.118. The summed E-state index contributed by atoms with van der Waals surface area (Å²) in [5, 5.41) is 0.0409. The number of hydrogen-bond acceptors (Lipinski definition) is 6. The molecule has 2 aromatic carbocycles. The normalized spacial score (nSPS) is 19.9. The van der Waals surface area contributed by atoms with Gasteiger partial charge < -0.3 is 14.7 Å². The summed E-state index contributed by atoms with van der Waals surface area (Å²) in [4.78, 5) is 12.8. The van der Waals surface area contributed by atoms with E-state index in [0.29, 0.717) is 0 Å². The van der Waals surface area contributed by atoms with Gasteiger partial charge in [0.25, 0.3) is 0 Å². The minimum atomic E-state index is -4.86. The van der Waals surface area contributed by atoms with E-state index in [1.54, 1.807) is 6.07 Å². The highest BCUT2D eigenvalue weighted by atomic mass is 35.5. The van der Waals surface area contributed by atoms with Gasteiger partial charge in [0, 0.05) is 10.6 Å². The third kappa shape index (κ3) is 3.53. The number of ether oxygens (including phenoxy) is 1. The number of carbonyl (C=O) groups is 1. The quantitative estimate of drug-likeness (QED) is 0.566. The highest BCUT2D eigenvalue weighted by Crippen LogP contribution is 2.39. The number of rotatable bonds is 5. The first-order valence-corrected chi connectivity index (χ1v) is 9.74. The molecule has 0 bridgehead atoms. The number of halogens is 2. The summed E-state index contributed by atoms with van der Waals surface area (Å²) in [6.45, 7) is 0. The van der Waals surface area contributed by atoms with Crippen molar-refractivity contribution in [1.29, 1.82) is 0 Å². The van der Waals surface area contributed by atoms with Crippen LogP contribution in [-0.2, 0) is 33.9 Å². The summed E-state index contributed by atoms with van der Waals surface area (Å²) in [6, 6.07) is 10.6. The maximum atomic E-state index is 14.3. The molecule has 2 N–H and O–H groups in total. The van der Waals surface area contributed by atoms with E-state index in [4.69, 9.17) is 49.8 Å². The molecule has 0 fully saturated rings. The Morgan fingerprint density at radius 3 is 2.38 bits per heavy atom. The van der Waals surface area contributed by atoms with Crippen LogP contribution < -0.4 is 5.73 Å². The Bertz CT molecular complexity index is 1130. The first-order chi connectivity index (χ1) is 13.4. The van der Waals surface area contributed by atoms with Gasteiger partial charge in [0.15, 0.2) is 13.3 Å². The van der Waals surface area contributed by atoms with Crippen molar-refractivity contribution >= 4 is 51.0 Å². The Balaban J connectivity index is 1.96. The molecule has 12 heteroatoms. The van der Waals surface area contributed by atoms with Crippen LogP contribution in [0.4, 0.5) is 4.39 Å². The Hall–Kier alpha value is -2.39. The largest absolute Gasteiger partial charge is 0.467 e. The number of hydrogen-bond donors (Lipinski definition) is 1. The minimum absolute atomic E-state index is 0.0201. The van der Waals surface area contributed by atoms with Crippen molar-refractivity contribution in [1.82, 2.24) is 0 Å². The van der Waals surface area contributed by atoms with Crippen LogP contribution in [0.2, 0.25) is 5.02 Å². The molecule has 0 unspecified atom stereocenters. The maximum Gasteiger partial charge on any atom is 0.302 e. The van der Waals surface area contributed by atoms with Crippen LogP contribution in [-0.4, -0.2) is 37.7 Å². The zero-order valence-electron chi connectivity index (χ0n) is 14.6. The molecule has 6 nitrogen and oxygen atoms in total. The highest BCUT2D eigenvalue weighted by molar-refractivity contribution is 7.90. The molecule has 1 atom stereocenters. The lowest BCUT2D eigenvalue weighted by atomic mass is 9.65. The molecule has 0 saturated heterocycles. The molecule has 1 aliphatic heterocycles. The van der Waals surface area contributed by atoms with Crippen molar-refractivity contribution in [2.45, 2.75) is 10.0 Å². The van der Waals surface area contributed by atoms with Gasteiger partial charge in [0.1, 0.15) is 5.82 Å². The number of benzene rings is 2. The highest BCUT2D eigenvalue weighted by Gasteiger charge is 2.51. The molecule has 0 aliphatic carbocycles. The second kappa shape index (κ2) is 7.14. The topological polar surface area (TPSA) is 95.7 Å². The lowest BCUT2D eigenvalue weighted by Crippen LogP contribution is -2.40. The smallest absolute Gasteiger partial charge is 0.302 e. The molecular formula is C17H10B3ClFNO5S. The number of nitrogens with two attached hydrogens (primary N) is 1. The summed E-state index contributed by atoms with van der Waals surface area (Å²) in [5.74, 6) is -3.97. The van der Waals surface area contributed by atoms with Crippen molar-refractivity contribution in [3.8, 4) is 0 Å². The molecule has 0 amide bonds. The third-order valence-corrected chi connectivity index (χ3v) is 5.89. The van der Waals surface area contributed by atoms with Gasteiger partial charge in [-0.1, -0.05) is 48.0 Å². The van der Waals surface area contributed by atoms with E-state index in [2.05, 4.69) is 0 Å². The maximum absolute atomic E-state index is 14.3. The van der Waals surface area contributed by atoms with E-state index in [0.717, 1.165) is 12.1 Å². The van der Waals surface area contributed by atoms with Gasteiger partial charge in [-0.2, -0.15) is 8.42 Å². The standard InChI is InChI=1S/C17H10B3ClFNO5S/c18-16(11-7-6-10(21)8-12(11)22)14(24)13(15(23)27-16)28-29(25,26)17(19,20)9-4-2-1-3-5-9/h1-8H,23H2/t16-/m1/s1. The van der Waals surface area contributed by atoms with Crippen LogP contribution in [0.5, 0.6) is 0 Å². The number of carbonyl (C=O) groups excluding carboxylic acids is 1. The first-order valence-electron chi connectivity index (χ1n) is 7.95. The average Bonchev–Trinajstić information content (AvgIpc) is 2.85. The fourth-order valence-electron chi connectivity index (χ4n) is 2.62. The van der Waals surface area contributed by atoms with Crippen molar-refractivity contribution in [2.75, 3.05) is 0 Å². The van der Waals surface area contributed by atoms with E-state index in [1.165, 1.54) is 30.3 Å². The molecule has 0 spiro atoms. The molecule has 2 aromatic rings. The SMILES string of the molecule is [B]C([B])(c1ccccc1)S(=O)(=O)OC1=C(N)O[C@]([B])(c2ccc(Cl)cc2F)C1=O. The second-order valence-corrected chi connectivity index (χ2v) is 8.37. The van der Waals surface area contributed by atoms with Gasteiger partial charge in [-0.3, -0.25) is 4.79 Å². The van der Waals surface area contributed by atoms with Crippen molar-refractivity contribution < 1.29 is 26.5 Å². The van der Waals surface area contributed by atoms with Gasteiger partial charge in [-0.05, 0) is 17.7 Å². The molecule has 29 heavy (non-hydrogen) atoms. The van der Waals surface area contributed by atoms with Gasteiger partial charge in [-0.25, -0.2) is 4.39 Å². The predicted octanol–water partition coefficient (Wildman–Crippen LogP) is 1.02. The molecule has 3 rings (SSSR count). The van der Waals surface area contributed by atoms with Gasteiger partial charge in [-0.15, -0.1) is 0 Å². The Kier molecular flexibility index (Phi) is 5.25. The first kappa shape index (κ1) is 21.3. The van der Waals surface area contributed by atoms with Crippen LogP contribution >= 0.6 is 11.6 Å². The van der Waals surface area contributed by atoms with Gasteiger partial charge in [0.05, 0.1) is 20.2 Å². The number of Topliss-reactive ketones (excluding diaryl/α,β-unsaturated/α-hetero) is 1. The Morgan fingerprint density at radius 2 is 1.79 bits per heavy atom. The van der Waals surface area contributed by atoms with Crippen LogP contribution in [0.3, 0.4) is 0 Å². The van der Waals surface area contributed by atoms with E-state index >= 15 is 0 Å². The summed E-state index contributed by atoms with van der Waals surface area (Å²) in [7, 11) is 12.5. The van der Waals surface area contributed by atoms with Crippen molar-refractivity contribution in [3.63, 3.8) is 0 Å². The molecule has 1 heterocycles. The number of ketones is 1. The third-order valence-electron chi connectivity index (χ3n) is 4.20. The van der Waals surface area contributed by atoms with Crippen LogP contribution in [0.1, 0.15) is 11.1 Å². The summed E-state index contributed by atoms with van der Waals surface area (Å²) >= 11 is 5.68. The predicted molar refractivity (Wildman–Crippen MR) is 106 cm³/mol. The van der Waals surface area contributed by atoms with Gasteiger partial charge in [0.2, 0.25) is 17.4 Å². The van der Waals surface area contributed by atoms with E-state index < -0.39 is 49.0 Å². The average molecular weight is 427 g/mol. The molecule has 0 saturated carbocycles. The van der Waals surface area contributed by atoms with E-state index in [1.807, 2.05) is 0 Å². The fourth-order valence-corrected chi connectivity index (χ4v) is 3.71.